The van der Waals surface area contributed by atoms with E-state index < -0.39 is 0 Å². The Hall–Kier alpha value is -1.55. The summed E-state index contributed by atoms with van der Waals surface area (Å²) in [5, 5.41) is 3.04. The lowest BCUT2D eigenvalue weighted by molar-refractivity contribution is -0.119. The van der Waals surface area contributed by atoms with Crippen LogP contribution in [0.1, 0.15) is 31.7 Å². The fourth-order valence-electron chi connectivity index (χ4n) is 3.63. The van der Waals surface area contributed by atoms with E-state index in [1.807, 2.05) is 6.07 Å². The summed E-state index contributed by atoms with van der Waals surface area (Å²) in [5.74, 6) is 1.83. The molecule has 0 saturated carbocycles. The summed E-state index contributed by atoms with van der Waals surface area (Å²) in [6.07, 6.45) is 4.38. The van der Waals surface area contributed by atoms with Crippen molar-refractivity contribution in [2.45, 2.75) is 38.6 Å². The molecule has 0 aromatic heterocycles. The molecule has 0 aliphatic carbocycles. The number of piperidine rings is 1. The van der Waals surface area contributed by atoms with Gasteiger partial charge in [0.25, 0.3) is 0 Å². The van der Waals surface area contributed by atoms with Crippen LogP contribution in [0.2, 0.25) is 0 Å². The van der Waals surface area contributed by atoms with Crippen LogP contribution in [0.4, 0.5) is 0 Å². The van der Waals surface area contributed by atoms with Crippen LogP contribution in [0.25, 0.3) is 0 Å². The molecule has 3 rings (SSSR count). The molecule has 2 aliphatic heterocycles. The maximum Gasteiger partial charge on any atom is 0.217 e. The molecule has 4 nitrogen and oxygen atoms in total. The standard InChI is InChI=1S/C18H26N2O2/c1-14(21)19-17-6-9-20(10-7-17)13-15-8-11-22-18-5-3-2-4-16(18)12-15/h2-5,15,17H,6-13H2,1H3,(H,19,21)/t15-/m1/s1. The van der Waals surface area contributed by atoms with Gasteiger partial charge in [-0.2, -0.15) is 0 Å². The zero-order valence-electron chi connectivity index (χ0n) is 13.4. The molecule has 0 unspecified atom stereocenters. The predicted molar refractivity (Wildman–Crippen MR) is 87.0 cm³/mol. The zero-order chi connectivity index (χ0) is 15.4. The fourth-order valence-corrected chi connectivity index (χ4v) is 3.63. The molecule has 120 valence electrons. The molecule has 1 atom stereocenters. The summed E-state index contributed by atoms with van der Waals surface area (Å²) < 4.78 is 5.86. The second-order valence-corrected chi connectivity index (χ2v) is 6.59. The second-order valence-electron chi connectivity index (χ2n) is 6.59. The average Bonchev–Trinajstić information content (AvgIpc) is 2.70. The Balaban J connectivity index is 1.51. The van der Waals surface area contributed by atoms with Crippen LogP contribution in [0.5, 0.6) is 5.75 Å². The number of nitrogens with one attached hydrogen (secondary N) is 1. The number of carbonyl (C=O) groups excluding carboxylic acids is 1. The molecule has 2 aliphatic rings. The fraction of sp³-hybridized carbons (Fsp3) is 0.611. The molecule has 1 amide bonds. The topological polar surface area (TPSA) is 41.6 Å². The summed E-state index contributed by atoms with van der Waals surface area (Å²) in [6.45, 7) is 5.75. The van der Waals surface area contributed by atoms with E-state index in [1.165, 1.54) is 5.56 Å². The van der Waals surface area contributed by atoms with Crippen LogP contribution in [0, 0.1) is 5.92 Å². The molecule has 1 saturated heterocycles. The smallest absolute Gasteiger partial charge is 0.217 e. The van der Waals surface area contributed by atoms with Gasteiger partial charge in [0.05, 0.1) is 6.61 Å². The highest BCUT2D eigenvalue weighted by Crippen LogP contribution is 2.27. The van der Waals surface area contributed by atoms with Crippen molar-refractivity contribution in [2.75, 3.05) is 26.2 Å². The first-order valence-electron chi connectivity index (χ1n) is 8.41. The maximum atomic E-state index is 11.1. The van der Waals surface area contributed by atoms with Crippen molar-refractivity contribution in [2.24, 2.45) is 5.92 Å². The van der Waals surface area contributed by atoms with E-state index in [-0.39, 0.29) is 5.91 Å². The van der Waals surface area contributed by atoms with Gasteiger partial charge < -0.3 is 15.0 Å². The van der Waals surface area contributed by atoms with Crippen molar-refractivity contribution < 1.29 is 9.53 Å². The molecule has 1 aromatic carbocycles. The van der Waals surface area contributed by atoms with E-state index >= 15 is 0 Å². The zero-order valence-corrected chi connectivity index (χ0v) is 13.4. The number of fused-ring (bicyclic) bond motifs is 1. The minimum Gasteiger partial charge on any atom is -0.493 e. The van der Waals surface area contributed by atoms with E-state index in [9.17, 15) is 4.79 Å². The molecule has 0 bridgehead atoms. The summed E-state index contributed by atoms with van der Waals surface area (Å²) in [4.78, 5) is 13.7. The number of para-hydroxylation sites is 1. The van der Waals surface area contributed by atoms with Gasteiger partial charge in [0.1, 0.15) is 5.75 Å². The molecule has 0 radical (unpaired) electrons. The Labute approximate surface area is 132 Å². The van der Waals surface area contributed by atoms with E-state index in [2.05, 4.69) is 28.4 Å². The van der Waals surface area contributed by atoms with Gasteiger partial charge in [0, 0.05) is 32.6 Å². The Morgan fingerprint density at radius 3 is 2.82 bits per heavy atom. The third-order valence-electron chi connectivity index (χ3n) is 4.78. The minimum atomic E-state index is 0.0935. The Morgan fingerprint density at radius 1 is 1.27 bits per heavy atom. The third kappa shape index (κ3) is 4.01. The summed E-state index contributed by atoms with van der Waals surface area (Å²) >= 11 is 0. The van der Waals surface area contributed by atoms with Gasteiger partial charge in [-0.3, -0.25) is 4.79 Å². The number of ether oxygens (including phenoxy) is 1. The van der Waals surface area contributed by atoms with Crippen molar-refractivity contribution in [3.05, 3.63) is 29.8 Å². The molecule has 22 heavy (non-hydrogen) atoms. The van der Waals surface area contributed by atoms with Crippen LogP contribution in [0.3, 0.4) is 0 Å². The van der Waals surface area contributed by atoms with Gasteiger partial charge >= 0.3 is 0 Å². The van der Waals surface area contributed by atoms with Crippen molar-refractivity contribution in [3.8, 4) is 5.75 Å². The summed E-state index contributed by atoms with van der Waals surface area (Å²) in [6, 6.07) is 8.79. The number of likely N-dealkylation sites (tertiary alicyclic amines) is 1. The van der Waals surface area contributed by atoms with Crippen LogP contribution in [0.15, 0.2) is 24.3 Å². The molecule has 2 heterocycles. The molecule has 0 spiro atoms. The van der Waals surface area contributed by atoms with Gasteiger partial charge in [0.2, 0.25) is 5.91 Å². The highest BCUT2D eigenvalue weighted by Gasteiger charge is 2.24. The van der Waals surface area contributed by atoms with Crippen molar-refractivity contribution in [1.82, 2.24) is 10.2 Å². The van der Waals surface area contributed by atoms with Crippen molar-refractivity contribution >= 4 is 5.91 Å². The molecule has 1 N–H and O–H groups in total. The molecule has 4 heteroatoms. The van der Waals surface area contributed by atoms with Gasteiger partial charge in [-0.1, -0.05) is 18.2 Å². The maximum absolute atomic E-state index is 11.1. The highest BCUT2D eigenvalue weighted by molar-refractivity contribution is 5.73. The molecular weight excluding hydrogens is 276 g/mol. The first-order chi connectivity index (χ1) is 10.7. The van der Waals surface area contributed by atoms with Gasteiger partial charge in [-0.05, 0) is 43.2 Å². The van der Waals surface area contributed by atoms with Crippen molar-refractivity contribution in [3.63, 3.8) is 0 Å². The summed E-state index contributed by atoms with van der Waals surface area (Å²) in [7, 11) is 0. The number of rotatable bonds is 3. The van der Waals surface area contributed by atoms with Crippen LogP contribution in [-0.2, 0) is 11.2 Å². The number of hydrogen-bond donors (Lipinski definition) is 1. The van der Waals surface area contributed by atoms with Crippen LogP contribution < -0.4 is 10.1 Å². The first-order valence-corrected chi connectivity index (χ1v) is 8.41. The first kappa shape index (κ1) is 15.3. The Bertz CT molecular complexity index is 510. The normalized spacial score (nSPS) is 23.2. The number of amides is 1. The number of nitrogens with zero attached hydrogens (tertiary/aromatic N) is 1. The van der Waals surface area contributed by atoms with E-state index in [0.29, 0.717) is 12.0 Å². The lowest BCUT2D eigenvalue weighted by Gasteiger charge is -2.34. The predicted octanol–water partition coefficient (Wildman–Crippen LogP) is 2.23. The van der Waals surface area contributed by atoms with E-state index in [0.717, 1.165) is 57.7 Å². The molecule has 1 aromatic rings. The largest absolute Gasteiger partial charge is 0.493 e. The van der Waals surface area contributed by atoms with Gasteiger partial charge in [-0.15, -0.1) is 0 Å². The number of carbonyl (C=O) groups is 1. The number of hydrogen-bond acceptors (Lipinski definition) is 3. The monoisotopic (exact) mass is 302 g/mol. The van der Waals surface area contributed by atoms with Crippen molar-refractivity contribution in [1.29, 1.82) is 0 Å². The van der Waals surface area contributed by atoms with Crippen LogP contribution >= 0.6 is 0 Å². The lowest BCUT2D eigenvalue weighted by atomic mass is 9.95. The van der Waals surface area contributed by atoms with E-state index in [4.69, 9.17) is 4.74 Å². The second kappa shape index (κ2) is 7.14. The quantitative estimate of drug-likeness (QED) is 0.931. The van der Waals surface area contributed by atoms with Crippen LogP contribution in [-0.4, -0.2) is 43.1 Å². The van der Waals surface area contributed by atoms with Gasteiger partial charge in [-0.25, -0.2) is 0 Å². The highest BCUT2D eigenvalue weighted by atomic mass is 16.5. The average molecular weight is 302 g/mol. The third-order valence-corrected chi connectivity index (χ3v) is 4.78. The molecule has 1 fully saturated rings. The number of benzene rings is 1. The molecular formula is C18H26N2O2. The summed E-state index contributed by atoms with van der Waals surface area (Å²) in [5.41, 5.74) is 1.35. The van der Waals surface area contributed by atoms with Gasteiger partial charge in [0.15, 0.2) is 0 Å². The minimum absolute atomic E-state index is 0.0935. The van der Waals surface area contributed by atoms with E-state index in [1.54, 1.807) is 6.92 Å². The Morgan fingerprint density at radius 2 is 2.05 bits per heavy atom. The Kier molecular flexibility index (Phi) is 4.98. The SMILES string of the molecule is CC(=O)NC1CCN(C[C@@H]2CCOc3ccccc3C2)CC1. The lowest BCUT2D eigenvalue weighted by Crippen LogP contribution is -2.45.